The first-order chi connectivity index (χ1) is 11.6. The molecule has 3 aromatic rings. The molecule has 0 saturated heterocycles. The Balaban J connectivity index is 1.78. The summed E-state index contributed by atoms with van der Waals surface area (Å²) >= 11 is 6.22. The maximum atomic E-state index is 12.6. The van der Waals surface area contributed by atoms with Gasteiger partial charge in [-0.3, -0.25) is 14.5 Å². The zero-order valence-corrected chi connectivity index (χ0v) is 14.1. The molecule has 24 heavy (non-hydrogen) atoms. The third kappa shape index (κ3) is 3.30. The van der Waals surface area contributed by atoms with E-state index in [1.165, 1.54) is 4.90 Å². The Morgan fingerprint density at radius 1 is 1.38 bits per heavy atom. The standard InChI is InChI=1S/C16H17ClN6O/c1-12(10-22-8-4-7-19-22)16(24)21(2)14-11-23(20-15(14)17)13-5-3-6-18-9-13/h3-9,11-12H,10H2,1-2H3. The molecule has 0 saturated carbocycles. The molecule has 0 bridgehead atoms. The average molecular weight is 345 g/mol. The molecule has 0 radical (unpaired) electrons. The van der Waals surface area contributed by atoms with Gasteiger partial charge in [-0.2, -0.15) is 10.2 Å². The lowest BCUT2D eigenvalue weighted by atomic mass is 10.1. The summed E-state index contributed by atoms with van der Waals surface area (Å²) in [5.41, 5.74) is 1.33. The first kappa shape index (κ1) is 16.2. The summed E-state index contributed by atoms with van der Waals surface area (Å²) < 4.78 is 3.34. The van der Waals surface area contributed by atoms with Gasteiger partial charge in [0.2, 0.25) is 5.91 Å². The summed E-state index contributed by atoms with van der Waals surface area (Å²) in [6.45, 7) is 2.37. The van der Waals surface area contributed by atoms with Crippen molar-refractivity contribution >= 4 is 23.2 Å². The Labute approximate surface area is 144 Å². The van der Waals surface area contributed by atoms with Gasteiger partial charge in [0, 0.05) is 25.6 Å². The molecule has 1 amide bonds. The summed E-state index contributed by atoms with van der Waals surface area (Å²) in [4.78, 5) is 18.2. The maximum Gasteiger partial charge on any atom is 0.231 e. The number of halogens is 1. The molecule has 3 aromatic heterocycles. The monoisotopic (exact) mass is 344 g/mol. The van der Waals surface area contributed by atoms with Crippen molar-refractivity contribution in [1.29, 1.82) is 0 Å². The van der Waals surface area contributed by atoms with E-state index in [0.717, 1.165) is 5.69 Å². The Morgan fingerprint density at radius 3 is 2.88 bits per heavy atom. The van der Waals surface area contributed by atoms with E-state index in [9.17, 15) is 4.79 Å². The summed E-state index contributed by atoms with van der Waals surface area (Å²) in [5.74, 6) is -0.300. The van der Waals surface area contributed by atoms with Gasteiger partial charge in [0.1, 0.15) is 5.69 Å². The number of anilines is 1. The highest BCUT2D eigenvalue weighted by Gasteiger charge is 2.23. The Kier molecular flexibility index (Phi) is 4.61. The first-order valence-electron chi connectivity index (χ1n) is 7.47. The van der Waals surface area contributed by atoms with E-state index in [0.29, 0.717) is 12.2 Å². The van der Waals surface area contributed by atoms with Crippen molar-refractivity contribution in [3.63, 3.8) is 0 Å². The number of nitrogens with zero attached hydrogens (tertiary/aromatic N) is 6. The average Bonchev–Trinajstić information content (AvgIpc) is 3.24. The first-order valence-corrected chi connectivity index (χ1v) is 7.84. The predicted molar refractivity (Wildman–Crippen MR) is 91.2 cm³/mol. The van der Waals surface area contributed by atoms with Gasteiger partial charge in [0.15, 0.2) is 5.15 Å². The zero-order valence-electron chi connectivity index (χ0n) is 13.4. The number of aromatic nitrogens is 5. The fraction of sp³-hybridized carbons (Fsp3) is 0.250. The molecule has 0 aliphatic rings. The van der Waals surface area contributed by atoms with Crippen molar-refractivity contribution in [3.8, 4) is 5.69 Å². The fourth-order valence-corrected chi connectivity index (χ4v) is 2.66. The number of pyridine rings is 1. The largest absolute Gasteiger partial charge is 0.311 e. The molecule has 1 unspecified atom stereocenters. The van der Waals surface area contributed by atoms with Gasteiger partial charge in [0.25, 0.3) is 0 Å². The lowest BCUT2D eigenvalue weighted by Crippen LogP contribution is -2.33. The summed E-state index contributed by atoms with van der Waals surface area (Å²) in [6.07, 6.45) is 8.60. The third-order valence-corrected chi connectivity index (χ3v) is 3.96. The van der Waals surface area contributed by atoms with Gasteiger partial charge < -0.3 is 4.90 Å². The SMILES string of the molecule is CC(Cn1cccn1)C(=O)N(C)c1cn(-c2cccnc2)nc1Cl. The Hall–Kier alpha value is -2.67. The van der Waals surface area contributed by atoms with Crippen LogP contribution in [0.15, 0.2) is 49.2 Å². The predicted octanol–water partition coefficient (Wildman–Crippen LogP) is 2.42. The van der Waals surface area contributed by atoms with Crippen LogP contribution in [0.4, 0.5) is 5.69 Å². The highest BCUT2D eigenvalue weighted by atomic mass is 35.5. The van der Waals surface area contributed by atoms with Crippen LogP contribution in [-0.2, 0) is 11.3 Å². The van der Waals surface area contributed by atoms with Crippen molar-refractivity contribution in [2.45, 2.75) is 13.5 Å². The molecule has 7 nitrogen and oxygen atoms in total. The van der Waals surface area contributed by atoms with Crippen molar-refractivity contribution in [2.24, 2.45) is 5.92 Å². The van der Waals surface area contributed by atoms with Crippen LogP contribution in [0.1, 0.15) is 6.92 Å². The molecule has 0 aliphatic heterocycles. The topological polar surface area (TPSA) is 68.8 Å². The smallest absolute Gasteiger partial charge is 0.231 e. The van der Waals surface area contributed by atoms with Crippen LogP contribution in [0.5, 0.6) is 0 Å². The van der Waals surface area contributed by atoms with Crippen LogP contribution in [0.25, 0.3) is 5.69 Å². The second kappa shape index (κ2) is 6.84. The van der Waals surface area contributed by atoms with Crippen LogP contribution in [0.2, 0.25) is 5.15 Å². The molecule has 8 heteroatoms. The van der Waals surface area contributed by atoms with Gasteiger partial charge in [-0.25, -0.2) is 4.68 Å². The maximum absolute atomic E-state index is 12.6. The van der Waals surface area contributed by atoms with E-state index in [2.05, 4.69) is 15.2 Å². The normalized spacial score (nSPS) is 12.1. The van der Waals surface area contributed by atoms with E-state index < -0.39 is 0 Å². The molecule has 0 spiro atoms. The van der Waals surface area contributed by atoms with E-state index in [1.54, 1.807) is 41.2 Å². The van der Waals surface area contributed by atoms with Crippen molar-refractivity contribution in [3.05, 3.63) is 54.3 Å². The van der Waals surface area contributed by atoms with Crippen LogP contribution in [0, 0.1) is 5.92 Å². The van der Waals surface area contributed by atoms with E-state index >= 15 is 0 Å². The van der Waals surface area contributed by atoms with Crippen molar-refractivity contribution < 1.29 is 4.79 Å². The molecule has 3 rings (SSSR count). The van der Waals surface area contributed by atoms with E-state index in [4.69, 9.17) is 11.6 Å². The van der Waals surface area contributed by atoms with Gasteiger partial charge in [-0.15, -0.1) is 0 Å². The molecule has 124 valence electrons. The second-order valence-corrected chi connectivity index (χ2v) is 5.85. The van der Waals surface area contributed by atoms with Gasteiger partial charge in [-0.1, -0.05) is 18.5 Å². The number of carbonyl (C=O) groups is 1. The van der Waals surface area contributed by atoms with Crippen LogP contribution < -0.4 is 4.90 Å². The minimum Gasteiger partial charge on any atom is -0.311 e. The van der Waals surface area contributed by atoms with E-state index in [-0.39, 0.29) is 17.0 Å². The number of hydrogen-bond donors (Lipinski definition) is 0. The Morgan fingerprint density at radius 2 is 2.21 bits per heavy atom. The van der Waals surface area contributed by atoms with Crippen LogP contribution in [-0.4, -0.2) is 37.5 Å². The van der Waals surface area contributed by atoms with Gasteiger partial charge in [0.05, 0.1) is 30.5 Å². The summed E-state index contributed by atoms with van der Waals surface area (Å²) in [5, 5.41) is 8.64. The molecule has 1 atom stereocenters. The zero-order chi connectivity index (χ0) is 17.1. The number of hydrogen-bond acceptors (Lipinski definition) is 4. The lowest BCUT2D eigenvalue weighted by Gasteiger charge is -2.20. The number of amides is 1. The van der Waals surface area contributed by atoms with Gasteiger partial charge in [-0.05, 0) is 18.2 Å². The number of rotatable bonds is 5. The van der Waals surface area contributed by atoms with Crippen LogP contribution in [0.3, 0.4) is 0 Å². The van der Waals surface area contributed by atoms with Crippen LogP contribution >= 0.6 is 11.6 Å². The molecule has 0 fully saturated rings. The molecule has 0 aliphatic carbocycles. The van der Waals surface area contributed by atoms with Crippen molar-refractivity contribution in [1.82, 2.24) is 24.5 Å². The lowest BCUT2D eigenvalue weighted by molar-refractivity contribution is -0.122. The summed E-state index contributed by atoms with van der Waals surface area (Å²) in [7, 11) is 1.69. The van der Waals surface area contributed by atoms with Crippen molar-refractivity contribution in [2.75, 3.05) is 11.9 Å². The molecule has 0 aromatic carbocycles. The minimum atomic E-state index is -0.243. The highest BCUT2D eigenvalue weighted by molar-refractivity contribution is 6.32. The highest BCUT2D eigenvalue weighted by Crippen LogP contribution is 2.26. The Bertz CT molecular complexity index is 814. The second-order valence-electron chi connectivity index (χ2n) is 5.49. The number of carbonyl (C=O) groups excluding carboxylic acids is 1. The van der Waals surface area contributed by atoms with Gasteiger partial charge >= 0.3 is 0 Å². The molecule has 3 heterocycles. The quantitative estimate of drug-likeness (QED) is 0.712. The molecule has 0 N–H and O–H groups in total. The molecular weight excluding hydrogens is 328 g/mol. The van der Waals surface area contributed by atoms with E-state index in [1.807, 2.05) is 31.3 Å². The fourth-order valence-electron chi connectivity index (χ4n) is 2.41. The summed E-state index contributed by atoms with van der Waals surface area (Å²) in [6, 6.07) is 5.50. The molecular formula is C16H17ClN6O. The minimum absolute atomic E-state index is 0.0573. The third-order valence-electron chi connectivity index (χ3n) is 3.70.